The Morgan fingerprint density at radius 1 is 1.21 bits per heavy atom. The van der Waals surface area contributed by atoms with Crippen molar-refractivity contribution in [2.45, 2.75) is 26.3 Å². The number of anilines is 1. The van der Waals surface area contributed by atoms with Crippen molar-refractivity contribution < 1.29 is 9.50 Å². The number of phenolic OH excluding ortho intramolecular Hbond substituents is 1. The molecule has 2 aromatic rings. The Bertz CT molecular complexity index is 568. The van der Waals surface area contributed by atoms with Crippen LogP contribution < -0.4 is 5.32 Å². The van der Waals surface area contributed by atoms with Crippen LogP contribution >= 0.6 is 0 Å². The van der Waals surface area contributed by atoms with E-state index in [1.54, 1.807) is 24.3 Å². The molecule has 0 spiro atoms. The zero-order valence-corrected chi connectivity index (χ0v) is 11.2. The highest BCUT2D eigenvalue weighted by atomic mass is 19.1. The number of aryl methyl sites for hydroxylation is 1. The maximum atomic E-state index is 13.8. The summed E-state index contributed by atoms with van der Waals surface area (Å²) in [4.78, 5) is 0. The van der Waals surface area contributed by atoms with E-state index in [1.165, 1.54) is 6.07 Å². The molecular weight excluding hydrogens is 241 g/mol. The smallest absolute Gasteiger partial charge is 0.146 e. The second kappa shape index (κ2) is 5.74. The molecule has 0 aliphatic heterocycles. The highest BCUT2D eigenvalue weighted by molar-refractivity contribution is 5.50. The number of hydrogen-bond donors (Lipinski definition) is 2. The van der Waals surface area contributed by atoms with Crippen molar-refractivity contribution in [3.8, 4) is 5.75 Å². The number of para-hydroxylation sites is 1. The van der Waals surface area contributed by atoms with Crippen molar-refractivity contribution in [3.63, 3.8) is 0 Å². The van der Waals surface area contributed by atoms with Crippen LogP contribution in [0.1, 0.15) is 30.5 Å². The van der Waals surface area contributed by atoms with Gasteiger partial charge in [0.15, 0.2) is 0 Å². The van der Waals surface area contributed by atoms with Gasteiger partial charge in [0.2, 0.25) is 0 Å². The first-order valence-corrected chi connectivity index (χ1v) is 6.42. The van der Waals surface area contributed by atoms with Gasteiger partial charge in [-0.15, -0.1) is 0 Å². The van der Waals surface area contributed by atoms with E-state index >= 15 is 0 Å². The van der Waals surface area contributed by atoms with Crippen LogP contribution in [0.5, 0.6) is 5.75 Å². The van der Waals surface area contributed by atoms with E-state index in [4.69, 9.17) is 0 Å². The Kier molecular flexibility index (Phi) is 4.05. The molecule has 1 unspecified atom stereocenters. The Morgan fingerprint density at radius 3 is 2.63 bits per heavy atom. The van der Waals surface area contributed by atoms with E-state index in [1.807, 2.05) is 26.0 Å². The molecule has 0 radical (unpaired) electrons. The molecule has 2 rings (SSSR count). The van der Waals surface area contributed by atoms with Gasteiger partial charge in [-0.25, -0.2) is 4.39 Å². The summed E-state index contributed by atoms with van der Waals surface area (Å²) in [7, 11) is 0. The third-order valence-corrected chi connectivity index (χ3v) is 3.17. The highest BCUT2D eigenvalue weighted by Gasteiger charge is 2.14. The van der Waals surface area contributed by atoms with Crippen LogP contribution in [0.25, 0.3) is 0 Å². The number of aromatic hydroxyl groups is 1. The number of phenols is 1. The quantitative estimate of drug-likeness (QED) is 0.852. The molecule has 2 nitrogen and oxygen atoms in total. The molecule has 0 bridgehead atoms. The summed E-state index contributed by atoms with van der Waals surface area (Å²) in [6.07, 6.45) is 0.755. The Hall–Kier alpha value is -2.03. The highest BCUT2D eigenvalue weighted by Crippen LogP contribution is 2.30. The van der Waals surface area contributed by atoms with Gasteiger partial charge >= 0.3 is 0 Å². The van der Waals surface area contributed by atoms with E-state index in [9.17, 15) is 9.50 Å². The molecular formula is C16H18FNO. The van der Waals surface area contributed by atoms with Crippen molar-refractivity contribution in [3.05, 3.63) is 59.4 Å². The summed E-state index contributed by atoms with van der Waals surface area (Å²) < 4.78 is 13.8. The van der Waals surface area contributed by atoms with Gasteiger partial charge in [-0.3, -0.25) is 0 Å². The van der Waals surface area contributed by atoms with E-state index in [-0.39, 0.29) is 17.6 Å². The van der Waals surface area contributed by atoms with Gasteiger partial charge in [0.05, 0.1) is 11.7 Å². The van der Waals surface area contributed by atoms with Gasteiger partial charge in [0.25, 0.3) is 0 Å². The van der Waals surface area contributed by atoms with Crippen molar-refractivity contribution in [1.82, 2.24) is 0 Å². The topological polar surface area (TPSA) is 32.3 Å². The largest absolute Gasteiger partial charge is 0.508 e. The van der Waals surface area contributed by atoms with Crippen molar-refractivity contribution in [1.29, 1.82) is 0 Å². The van der Waals surface area contributed by atoms with Gasteiger partial charge < -0.3 is 10.4 Å². The standard InChI is InChI=1S/C16H18FNO/c1-3-14(12-6-4-5-7-16(12)19)18-15-10-11(2)8-9-13(15)17/h4-10,14,18-19H,3H2,1-2H3. The summed E-state index contributed by atoms with van der Waals surface area (Å²) in [6, 6.07) is 12.0. The molecule has 0 saturated heterocycles. The van der Waals surface area contributed by atoms with Gasteiger partial charge in [0, 0.05) is 5.56 Å². The predicted octanol–water partition coefficient (Wildman–Crippen LogP) is 4.40. The fourth-order valence-electron chi connectivity index (χ4n) is 2.12. The molecule has 0 saturated carbocycles. The van der Waals surface area contributed by atoms with E-state index in [2.05, 4.69) is 5.32 Å². The molecule has 2 N–H and O–H groups in total. The Morgan fingerprint density at radius 2 is 1.95 bits per heavy atom. The molecule has 19 heavy (non-hydrogen) atoms. The first-order chi connectivity index (χ1) is 9.11. The van der Waals surface area contributed by atoms with Crippen LogP contribution in [0, 0.1) is 12.7 Å². The molecule has 1 atom stereocenters. The monoisotopic (exact) mass is 259 g/mol. The minimum atomic E-state index is -0.278. The maximum Gasteiger partial charge on any atom is 0.146 e. The first kappa shape index (κ1) is 13.4. The summed E-state index contributed by atoms with van der Waals surface area (Å²) >= 11 is 0. The average molecular weight is 259 g/mol. The molecule has 0 amide bonds. The number of nitrogens with one attached hydrogen (secondary N) is 1. The average Bonchev–Trinajstić information content (AvgIpc) is 2.41. The number of rotatable bonds is 4. The lowest BCUT2D eigenvalue weighted by Gasteiger charge is -2.20. The Labute approximate surface area is 112 Å². The van der Waals surface area contributed by atoms with Crippen LogP contribution in [0.2, 0.25) is 0 Å². The number of benzene rings is 2. The lowest BCUT2D eigenvalue weighted by atomic mass is 10.0. The fourth-order valence-corrected chi connectivity index (χ4v) is 2.12. The van der Waals surface area contributed by atoms with Gasteiger partial charge in [-0.05, 0) is 37.1 Å². The van der Waals surface area contributed by atoms with Gasteiger partial charge in [-0.1, -0.05) is 31.2 Å². The summed E-state index contributed by atoms with van der Waals surface area (Å²) in [5.74, 6) is -0.0469. The molecule has 100 valence electrons. The molecule has 0 aromatic heterocycles. The first-order valence-electron chi connectivity index (χ1n) is 6.42. The third-order valence-electron chi connectivity index (χ3n) is 3.17. The van der Waals surface area contributed by atoms with E-state index in [0.717, 1.165) is 17.5 Å². The maximum absolute atomic E-state index is 13.8. The lowest BCUT2D eigenvalue weighted by Crippen LogP contribution is -2.11. The SMILES string of the molecule is CCC(Nc1cc(C)ccc1F)c1ccccc1O. The predicted molar refractivity (Wildman–Crippen MR) is 75.9 cm³/mol. The third kappa shape index (κ3) is 3.05. The summed E-state index contributed by atoms with van der Waals surface area (Å²) in [5, 5.41) is 13.0. The van der Waals surface area contributed by atoms with E-state index in [0.29, 0.717) is 5.69 Å². The minimum Gasteiger partial charge on any atom is -0.508 e. The van der Waals surface area contributed by atoms with Crippen LogP contribution in [0.4, 0.5) is 10.1 Å². The van der Waals surface area contributed by atoms with Crippen LogP contribution in [-0.2, 0) is 0 Å². The molecule has 0 fully saturated rings. The second-order valence-electron chi connectivity index (χ2n) is 4.65. The zero-order chi connectivity index (χ0) is 13.8. The molecule has 0 aliphatic carbocycles. The van der Waals surface area contributed by atoms with Crippen molar-refractivity contribution in [2.24, 2.45) is 0 Å². The summed E-state index contributed by atoms with van der Waals surface area (Å²) in [5.41, 5.74) is 2.25. The summed E-state index contributed by atoms with van der Waals surface area (Å²) in [6.45, 7) is 3.92. The molecule has 2 aromatic carbocycles. The number of hydrogen-bond acceptors (Lipinski definition) is 2. The van der Waals surface area contributed by atoms with Crippen molar-refractivity contribution in [2.75, 3.05) is 5.32 Å². The fraction of sp³-hybridized carbons (Fsp3) is 0.250. The van der Waals surface area contributed by atoms with Gasteiger partial charge in [0.1, 0.15) is 11.6 Å². The molecule has 0 aliphatic rings. The molecule has 0 heterocycles. The lowest BCUT2D eigenvalue weighted by molar-refractivity contribution is 0.462. The number of halogens is 1. The molecule has 3 heteroatoms. The second-order valence-corrected chi connectivity index (χ2v) is 4.65. The Balaban J connectivity index is 2.29. The van der Waals surface area contributed by atoms with Crippen molar-refractivity contribution >= 4 is 5.69 Å². The minimum absolute atomic E-state index is 0.113. The van der Waals surface area contributed by atoms with Gasteiger partial charge in [-0.2, -0.15) is 0 Å². The normalized spacial score (nSPS) is 12.2. The van der Waals surface area contributed by atoms with Crippen LogP contribution in [-0.4, -0.2) is 5.11 Å². The van der Waals surface area contributed by atoms with Crippen LogP contribution in [0.3, 0.4) is 0 Å². The van der Waals surface area contributed by atoms with Crippen LogP contribution in [0.15, 0.2) is 42.5 Å². The van der Waals surface area contributed by atoms with E-state index < -0.39 is 0 Å². The zero-order valence-electron chi connectivity index (χ0n) is 11.2.